The molecule has 0 atom stereocenters. The van der Waals surface area contributed by atoms with E-state index in [1.54, 1.807) is 0 Å². The highest BCUT2D eigenvalue weighted by Gasteiger charge is 2.11. The van der Waals surface area contributed by atoms with Gasteiger partial charge in [0.15, 0.2) is 5.17 Å². The third-order valence-corrected chi connectivity index (χ3v) is 5.69. The number of aliphatic hydroxyl groups excluding tert-OH is 1. The fourth-order valence-corrected chi connectivity index (χ4v) is 4.18. The van der Waals surface area contributed by atoms with E-state index >= 15 is 0 Å². The zero-order valence-corrected chi connectivity index (χ0v) is 15.9. The lowest BCUT2D eigenvalue weighted by atomic mass is 9.87. The molecular weight excluding hydrogens is 342 g/mol. The molecule has 1 aliphatic carbocycles. The highest BCUT2D eigenvalue weighted by atomic mass is 32.2. The summed E-state index contributed by atoms with van der Waals surface area (Å²) in [6, 6.07) is 10.2. The van der Waals surface area contributed by atoms with Crippen LogP contribution < -0.4 is 5.73 Å². The molecule has 1 aromatic heterocycles. The number of aliphatic hydroxyl groups is 1. The Kier molecular flexibility index (Phi) is 7.09. The number of thioether (sulfide) groups is 1. The van der Waals surface area contributed by atoms with Crippen LogP contribution >= 0.6 is 11.8 Å². The Balaban J connectivity index is 0.000000185. The molecule has 1 aromatic carbocycles. The van der Waals surface area contributed by atoms with Crippen molar-refractivity contribution in [1.82, 2.24) is 4.98 Å². The minimum atomic E-state index is 0.394. The van der Waals surface area contributed by atoms with E-state index in [0.717, 1.165) is 28.8 Å². The molecule has 2 aliphatic rings. The van der Waals surface area contributed by atoms with Gasteiger partial charge in [-0.15, -0.1) is 0 Å². The van der Waals surface area contributed by atoms with E-state index in [-0.39, 0.29) is 0 Å². The number of fused-ring (bicyclic) bond motifs is 1. The summed E-state index contributed by atoms with van der Waals surface area (Å²) in [7, 11) is 0. The van der Waals surface area contributed by atoms with E-state index < -0.39 is 0 Å². The molecule has 0 unspecified atom stereocenters. The number of hydrogen-bond donors (Lipinski definition) is 2. The Hall–Kier alpha value is -1.85. The van der Waals surface area contributed by atoms with Gasteiger partial charge in [-0.2, -0.15) is 0 Å². The number of hydrogen-bond acceptors (Lipinski definition) is 5. The van der Waals surface area contributed by atoms with E-state index in [1.807, 2.05) is 18.3 Å². The van der Waals surface area contributed by atoms with Crippen LogP contribution in [0.4, 0.5) is 0 Å². The molecule has 0 spiro atoms. The maximum absolute atomic E-state index is 8.62. The summed E-state index contributed by atoms with van der Waals surface area (Å²) in [6.07, 6.45) is 11.9. The van der Waals surface area contributed by atoms with E-state index in [4.69, 9.17) is 10.8 Å². The van der Waals surface area contributed by atoms with Crippen molar-refractivity contribution in [1.29, 1.82) is 0 Å². The Morgan fingerprint density at radius 1 is 1.19 bits per heavy atom. The van der Waals surface area contributed by atoms with Gasteiger partial charge in [-0.05, 0) is 42.2 Å². The fourth-order valence-electron chi connectivity index (χ4n) is 3.46. The van der Waals surface area contributed by atoms with Crippen molar-refractivity contribution < 1.29 is 5.11 Å². The molecule has 0 amide bonds. The molecule has 1 saturated carbocycles. The average molecular weight is 370 g/mol. The summed E-state index contributed by atoms with van der Waals surface area (Å²) in [5.41, 5.74) is 7.81. The summed E-state index contributed by atoms with van der Waals surface area (Å²) < 4.78 is 0. The maximum Gasteiger partial charge on any atom is 0.158 e. The molecule has 0 bridgehead atoms. The minimum Gasteiger partial charge on any atom is -0.396 e. The van der Waals surface area contributed by atoms with Crippen LogP contribution in [0.1, 0.15) is 44.1 Å². The Morgan fingerprint density at radius 3 is 2.77 bits per heavy atom. The summed E-state index contributed by atoms with van der Waals surface area (Å²) in [5.74, 6) is 0.851. The van der Waals surface area contributed by atoms with Crippen molar-refractivity contribution in [3.63, 3.8) is 0 Å². The van der Waals surface area contributed by atoms with E-state index in [2.05, 4.69) is 34.3 Å². The molecule has 26 heavy (non-hydrogen) atoms. The normalized spacial score (nSPS) is 19.3. The SMILES string of the molecule is NC1=NC/C(=C/c2ccc3ncccc3c2)S1.OCCC1CCCCC1. The van der Waals surface area contributed by atoms with Gasteiger partial charge in [-0.1, -0.05) is 56.0 Å². The molecule has 0 saturated heterocycles. The predicted molar refractivity (Wildman–Crippen MR) is 112 cm³/mol. The number of benzene rings is 1. The average Bonchev–Trinajstić information content (AvgIpc) is 3.08. The van der Waals surface area contributed by atoms with Gasteiger partial charge in [-0.3, -0.25) is 9.98 Å². The fraction of sp³-hybridized carbons (Fsp3) is 0.429. The topological polar surface area (TPSA) is 71.5 Å². The van der Waals surface area contributed by atoms with Gasteiger partial charge in [0.25, 0.3) is 0 Å². The molecule has 1 fully saturated rings. The molecule has 4 rings (SSSR count). The first-order valence-electron chi connectivity index (χ1n) is 9.38. The number of nitrogens with zero attached hydrogens (tertiary/aromatic N) is 2. The number of aliphatic imine (C=N–C) groups is 1. The largest absolute Gasteiger partial charge is 0.396 e. The van der Waals surface area contributed by atoms with E-state index in [0.29, 0.717) is 18.3 Å². The monoisotopic (exact) mass is 369 g/mol. The molecule has 2 aromatic rings. The highest BCUT2D eigenvalue weighted by molar-refractivity contribution is 8.17. The Morgan fingerprint density at radius 2 is 2.04 bits per heavy atom. The van der Waals surface area contributed by atoms with Crippen LogP contribution in [0.2, 0.25) is 0 Å². The number of nitrogens with two attached hydrogens (primary N) is 1. The zero-order valence-electron chi connectivity index (χ0n) is 15.1. The molecule has 5 heteroatoms. The lowest BCUT2D eigenvalue weighted by Crippen LogP contribution is -2.07. The molecule has 3 N–H and O–H groups in total. The van der Waals surface area contributed by atoms with Crippen LogP contribution in [0.5, 0.6) is 0 Å². The molecule has 0 radical (unpaired) electrons. The second-order valence-corrected chi connectivity index (χ2v) is 7.99. The first-order chi connectivity index (χ1) is 12.7. The minimum absolute atomic E-state index is 0.394. The van der Waals surface area contributed by atoms with Crippen LogP contribution in [-0.2, 0) is 0 Å². The Labute approximate surface area is 159 Å². The Bertz CT molecular complexity index is 779. The van der Waals surface area contributed by atoms with Gasteiger partial charge in [-0.25, -0.2) is 0 Å². The first-order valence-corrected chi connectivity index (χ1v) is 10.2. The second kappa shape index (κ2) is 9.74. The van der Waals surface area contributed by atoms with Crippen molar-refractivity contribution in [3.8, 4) is 0 Å². The van der Waals surface area contributed by atoms with Crippen molar-refractivity contribution in [2.45, 2.75) is 38.5 Å². The second-order valence-electron chi connectivity index (χ2n) is 6.84. The quantitative estimate of drug-likeness (QED) is 0.830. The van der Waals surface area contributed by atoms with Crippen LogP contribution in [0.15, 0.2) is 46.4 Å². The van der Waals surface area contributed by atoms with Gasteiger partial charge in [0.2, 0.25) is 0 Å². The van der Waals surface area contributed by atoms with Crippen molar-refractivity contribution in [3.05, 3.63) is 47.0 Å². The number of rotatable bonds is 3. The summed E-state index contributed by atoms with van der Waals surface area (Å²) in [5, 5.41) is 10.4. The van der Waals surface area contributed by atoms with Crippen LogP contribution in [0, 0.1) is 5.92 Å². The third kappa shape index (κ3) is 5.58. The van der Waals surface area contributed by atoms with Gasteiger partial charge in [0.1, 0.15) is 0 Å². The standard InChI is InChI=1S/C13H11N3S.C8H16O/c14-13-16-8-11(17-13)7-9-3-4-12-10(6-9)2-1-5-15-12;9-7-6-8-4-2-1-3-5-8/h1-7H,8H2,(H2,14,16);8-9H,1-7H2/b11-7-;. The van der Waals surface area contributed by atoms with Crippen molar-refractivity contribution >= 4 is 33.9 Å². The molecular formula is C21H27N3OS. The van der Waals surface area contributed by atoms with E-state index in [9.17, 15) is 0 Å². The third-order valence-electron chi connectivity index (χ3n) is 4.84. The summed E-state index contributed by atoms with van der Waals surface area (Å²) >= 11 is 1.54. The van der Waals surface area contributed by atoms with Crippen LogP contribution in [0.3, 0.4) is 0 Å². The van der Waals surface area contributed by atoms with Gasteiger partial charge < -0.3 is 10.8 Å². The lowest BCUT2D eigenvalue weighted by Gasteiger charge is -2.19. The molecule has 138 valence electrons. The van der Waals surface area contributed by atoms with E-state index in [1.165, 1.54) is 48.8 Å². The number of amidine groups is 1. The van der Waals surface area contributed by atoms with Crippen molar-refractivity contribution in [2.24, 2.45) is 16.6 Å². The first kappa shape index (κ1) is 18.9. The summed E-state index contributed by atoms with van der Waals surface area (Å²) in [4.78, 5) is 9.64. The molecule has 2 heterocycles. The molecule has 1 aliphatic heterocycles. The van der Waals surface area contributed by atoms with Crippen molar-refractivity contribution in [2.75, 3.05) is 13.2 Å². The van der Waals surface area contributed by atoms with Gasteiger partial charge >= 0.3 is 0 Å². The zero-order chi connectivity index (χ0) is 18.2. The summed E-state index contributed by atoms with van der Waals surface area (Å²) in [6.45, 7) is 1.09. The lowest BCUT2D eigenvalue weighted by molar-refractivity contribution is 0.230. The van der Waals surface area contributed by atoms with Crippen LogP contribution in [-0.4, -0.2) is 28.4 Å². The highest BCUT2D eigenvalue weighted by Crippen LogP contribution is 2.26. The van der Waals surface area contributed by atoms with Gasteiger partial charge in [0.05, 0.1) is 12.1 Å². The number of aromatic nitrogens is 1. The van der Waals surface area contributed by atoms with Crippen LogP contribution in [0.25, 0.3) is 17.0 Å². The number of pyridine rings is 1. The maximum atomic E-state index is 8.62. The van der Waals surface area contributed by atoms with Gasteiger partial charge in [0, 0.05) is 23.1 Å². The smallest absolute Gasteiger partial charge is 0.158 e. The predicted octanol–water partition coefficient (Wildman–Crippen LogP) is 4.59. The molecule has 4 nitrogen and oxygen atoms in total.